The van der Waals surface area contributed by atoms with Crippen molar-refractivity contribution in [2.24, 2.45) is 0 Å². The molecule has 0 amide bonds. The summed E-state index contributed by atoms with van der Waals surface area (Å²) in [6, 6.07) is 6.60. The lowest BCUT2D eigenvalue weighted by molar-refractivity contribution is -0.137. The molecule has 0 unspecified atom stereocenters. The zero-order valence-corrected chi connectivity index (χ0v) is 12.4. The first-order valence-corrected chi connectivity index (χ1v) is 6.91. The van der Waals surface area contributed by atoms with Crippen LogP contribution in [0.25, 0.3) is 0 Å². The molecule has 2 rings (SSSR count). The summed E-state index contributed by atoms with van der Waals surface area (Å²) in [6.07, 6.45) is -1.12. The van der Waals surface area contributed by atoms with E-state index in [9.17, 15) is 18.0 Å². The van der Waals surface area contributed by atoms with Gasteiger partial charge in [0.2, 0.25) is 0 Å². The van der Waals surface area contributed by atoms with E-state index in [-0.39, 0.29) is 18.6 Å². The highest BCUT2D eigenvalue weighted by atomic mass is 79.9. The van der Waals surface area contributed by atoms with Crippen molar-refractivity contribution in [2.45, 2.75) is 19.0 Å². The second-order valence-corrected chi connectivity index (χ2v) is 5.52. The Kier molecular flexibility index (Phi) is 4.77. The maximum absolute atomic E-state index is 12.6. The van der Waals surface area contributed by atoms with E-state index < -0.39 is 11.7 Å². The summed E-state index contributed by atoms with van der Waals surface area (Å²) in [5.41, 5.74) is 0.344. The van der Waals surface area contributed by atoms with Crippen LogP contribution in [-0.2, 0) is 23.8 Å². The quantitative estimate of drug-likeness (QED) is 0.819. The summed E-state index contributed by atoms with van der Waals surface area (Å²) in [5, 5.41) is 0. The number of benzene rings is 1. The van der Waals surface area contributed by atoms with Crippen LogP contribution in [0.4, 0.5) is 13.2 Å². The third-order valence-electron chi connectivity index (χ3n) is 2.82. The molecule has 110 valence electrons. The topological polar surface area (TPSA) is 30.0 Å². The number of aromatic nitrogens is 1. The first-order chi connectivity index (χ1) is 9.84. The Hall–Kier alpha value is -1.69. The molecule has 2 nitrogen and oxygen atoms in total. The third-order valence-corrected chi connectivity index (χ3v) is 3.25. The Labute approximate surface area is 128 Å². The largest absolute Gasteiger partial charge is 0.416 e. The first kappa shape index (κ1) is 15.7. The fraction of sp³-hybridized carbons (Fsp3) is 0.200. The number of hydrogen-bond donors (Lipinski definition) is 0. The van der Waals surface area contributed by atoms with Gasteiger partial charge in [-0.2, -0.15) is 13.2 Å². The van der Waals surface area contributed by atoms with Crippen LogP contribution in [0.1, 0.15) is 16.7 Å². The Morgan fingerprint density at radius 2 is 1.81 bits per heavy atom. The molecule has 0 radical (unpaired) electrons. The molecule has 0 bridgehead atoms. The minimum Gasteiger partial charge on any atom is -0.299 e. The summed E-state index contributed by atoms with van der Waals surface area (Å²) < 4.78 is 38.6. The van der Waals surface area contributed by atoms with Gasteiger partial charge in [0.05, 0.1) is 5.56 Å². The number of carbonyl (C=O) groups is 1. The molecular formula is C15H11BrF3NO. The van der Waals surface area contributed by atoms with Gasteiger partial charge in [-0.25, -0.2) is 0 Å². The highest BCUT2D eigenvalue weighted by molar-refractivity contribution is 9.10. The van der Waals surface area contributed by atoms with Gasteiger partial charge in [0.15, 0.2) is 0 Å². The maximum atomic E-state index is 12.6. The average Bonchev–Trinajstić information content (AvgIpc) is 2.37. The van der Waals surface area contributed by atoms with Gasteiger partial charge in [-0.3, -0.25) is 9.78 Å². The monoisotopic (exact) mass is 357 g/mol. The van der Waals surface area contributed by atoms with Crippen molar-refractivity contribution in [3.05, 3.63) is 63.9 Å². The molecule has 0 atom stereocenters. The highest BCUT2D eigenvalue weighted by Crippen LogP contribution is 2.29. The molecular weight excluding hydrogens is 347 g/mol. The first-order valence-electron chi connectivity index (χ1n) is 6.12. The minimum atomic E-state index is -4.40. The number of Topliss-reactive ketones (excluding diaryl/α,β-unsaturated/α-hetero) is 1. The van der Waals surface area contributed by atoms with Gasteiger partial charge in [-0.1, -0.05) is 18.2 Å². The predicted molar refractivity (Wildman–Crippen MR) is 75.8 cm³/mol. The van der Waals surface area contributed by atoms with Gasteiger partial charge in [-0.05, 0) is 39.2 Å². The second-order valence-electron chi connectivity index (χ2n) is 4.60. The Morgan fingerprint density at radius 1 is 1.10 bits per heavy atom. The Bertz CT molecular complexity index is 655. The van der Waals surface area contributed by atoms with Gasteiger partial charge in [0, 0.05) is 29.7 Å². The van der Waals surface area contributed by atoms with Crippen molar-refractivity contribution in [3.8, 4) is 0 Å². The summed E-state index contributed by atoms with van der Waals surface area (Å²) in [7, 11) is 0. The number of hydrogen-bond acceptors (Lipinski definition) is 2. The van der Waals surface area contributed by atoms with E-state index in [1.54, 1.807) is 18.5 Å². The van der Waals surface area contributed by atoms with Crippen LogP contribution in [0.5, 0.6) is 0 Å². The number of rotatable bonds is 4. The SMILES string of the molecule is O=C(Cc1cncc(Br)c1)Cc1cccc(C(F)(F)F)c1. The third kappa shape index (κ3) is 4.67. The fourth-order valence-electron chi connectivity index (χ4n) is 1.93. The normalized spacial score (nSPS) is 11.4. The Morgan fingerprint density at radius 3 is 2.48 bits per heavy atom. The highest BCUT2D eigenvalue weighted by Gasteiger charge is 2.30. The van der Waals surface area contributed by atoms with E-state index >= 15 is 0 Å². The van der Waals surface area contributed by atoms with E-state index in [0.29, 0.717) is 5.56 Å². The van der Waals surface area contributed by atoms with Crippen molar-refractivity contribution in [1.29, 1.82) is 0 Å². The Balaban J connectivity index is 2.06. The second kappa shape index (κ2) is 6.39. The van der Waals surface area contributed by atoms with Crippen LogP contribution in [0.15, 0.2) is 47.2 Å². The lowest BCUT2D eigenvalue weighted by atomic mass is 10.0. The molecule has 0 saturated heterocycles. The van der Waals surface area contributed by atoms with Crippen LogP contribution in [0, 0.1) is 0 Å². The van der Waals surface area contributed by atoms with Crippen LogP contribution in [-0.4, -0.2) is 10.8 Å². The lowest BCUT2D eigenvalue weighted by Crippen LogP contribution is -2.09. The average molecular weight is 358 g/mol. The van der Waals surface area contributed by atoms with Crippen LogP contribution < -0.4 is 0 Å². The van der Waals surface area contributed by atoms with Crippen LogP contribution in [0.2, 0.25) is 0 Å². The van der Waals surface area contributed by atoms with Gasteiger partial charge in [0.25, 0.3) is 0 Å². The summed E-state index contributed by atoms with van der Waals surface area (Å²) in [6.45, 7) is 0. The van der Waals surface area contributed by atoms with E-state index in [0.717, 1.165) is 22.2 Å². The standard InChI is InChI=1S/C15H11BrF3NO/c16-13-5-11(8-20-9-13)7-14(21)6-10-2-1-3-12(4-10)15(17,18)19/h1-5,8-9H,6-7H2. The van der Waals surface area contributed by atoms with E-state index in [4.69, 9.17) is 0 Å². The number of alkyl halides is 3. The number of halogens is 4. The zero-order chi connectivity index (χ0) is 15.5. The number of ketones is 1. The number of nitrogens with zero attached hydrogens (tertiary/aromatic N) is 1. The summed E-state index contributed by atoms with van der Waals surface area (Å²) in [4.78, 5) is 15.9. The lowest BCUT2D eigenvalue weighted by Gasteiger charge is -2.08. The molecule has 21 heavy (non-hydrogen) atoms. The molecule has 1 heterocycles. The van der Waals surface area contributed by atoms with E-state index in [1.165, 1.54) is 12.1 Å². The van der Waals surface area contributed by atoms with Gasteiger partial charge in [0.1, 0.15) is 5.78 Å². The van der Waals surface area contributed by atoms with E-state index in [1.807, 2.05) is 0 Å². The molecule has 0 saturated carbocycles. The smallest absolute Gasteiger partial charge is 0.299 e. The van der Waals surface area contributed by atoms with Crippen molar-refractivity contribution < 1.29 is 18.0 Å². The summed E-state index contributed by atoms with van der Waals surface area (Å²) in [5.74, 6) is -0.158. The van der Waals surface area contributed by atoms with Crippen molar-refractivity contribution in [1.82, 2.24) is 4.98 Å². The fourth-order valence-corrected chi connectivity index (χ4v) is 2.34. The summed E-state index contributed by atoms with van der Waals surface area (Å²) >= 11 is 3.25. The maximum Gasteiger partial charge on any atom is 0.416 e. The van der Waals surface area contributed by atoms with Crippen molar-refractivity contribution in [3.63, 3.8) is 0 Å². The predicted octanol–water partition coefficient (Wildman–Crippen LogP) is 4.22. The van der Waals surface area contributed by atoms with Crippen molar-refractivity contribution >= 4 is 21.7 Å². The van der Waals surface area contributed by atoms with Gasteiger partial charge >= 0.3 is 6.18 Å². The molecule has 0 fully saturated rings. The molecule has 0 N–H and O–H groups in total. The zero-order valence-electron chi connectivity index (χ0n) is 10.8. The molecule has 1 aromatic carbocycles. The number of pyridine rings is 1. The molecule has 0 aliphatic carbocycles. The van der Waals surface area contributed by atoms with Crippen molar-refractivity contribution in [2.75, 3.05) is 0 Å². The van der Waals surface area contributed by atoms with Gasteiger partial charge < -0.3 is 0 Å². The molecule has 0 aliphatic heterocycles. The van der Waals surface area contributed by atoms with Gasteiger partial charge in [-0.15, -0.1) is 0 Å². The molecule has 0 aliphatic rings. The molecule has 0 spiro atoms. The van der Waals surface area contributed by atoms with E-state index in [2.05, 4.69) is 20.9 Å². The minimum absolute atomic E-state index is 0.0313. The molecule has 6 heteroatoms. The van der Waals surface area contributed by atoms with Crippen LogP contribution in [0.3, 0.4) is 0 Å². The van der Waals surface area contributed by atoms with Crippen LogP contribution >= 0.6 is 15.9 Å². The number of carbonyl (C=O) groups excluding carboxylic acids is 1. The molecule has 2 aromatic rings. The molecule has 1 aromatic heterocycles.